The van der Waals surface area contributed by atoms with Crippen LogP contribution in [-0.4, -0.2) is 22.6 Å². The van der Waals surface area contributed by atoms with Crippen molar-refractivity contribution in [3.8, 4) is 0 Å². The zero-order valence-corrected chi connectivity index (χ0v) is 11.6. The van der Waals surface area contributed by atoms with E-state index in [1.807, 2.05) is 0 Å². The molecule has 0 radical (unpaired) electrons. The predicted octanol–water partition coefficient (Wildman–Crippen LogP) is 3.05. The number of rotatable bonds is 3. The van der Waals surface area contributed by atoms with Crippen molar-refractivity contribution in [2.45, 2.75) is 33.3 Å². The second kappa shape index (κ2) is 5.69. The van der Waals surface area contributed by atoms with Crippen molar-refractivity contribution in [2.75, 3.05) is 0 Å². The molecule has 1 aromatic carbocycles. The number of hydrogen-bond donors (Lipinski definition) is 1. The Labute approximate surface area is 112 Å². The van der Waals surface area contributed by atoms with Crippen molar-refractivity contribution in [3.05, 3.63) is 41.0 Å². The zero-order chi connectivity index (χ0) is 14.6. The third kappa shape index (κ3) is 4.58. The van der Waals surface area contributed by atoms with Gasteiger partial charge in [0.15, 0.2) is 0 Å². The zero-order valence-electron chi connectivity index (χ0n) is 11.6. The molecule has 1 aromatic rings. The maximum atomic E-state index is 11.5. The molecule has 0 bridgehead atoms. The number of carboxylic acid groups (broad SMARTS) is 1. The first-order valence-corrected chi connectivity index (χ1v) is 5.94. The highest BCUT2D eigenvalue weighted by molar-refractivity contribution is 5.92. The summed E-state index contributed by atoms with van der Waals surface area (Å²) in [4.78, 5) is 22.5. The largest absolute Gasteiger partial charge is 0.478 e. The maximum absolute atomic E-state index is 11.5. The van der Waals surface area contributed by atoms with Gasteiger partial charge in [-0.15, -0.1) is 0 Å². The van der Waals surface area contributed by atoms with Crippen LogP contribution >= 0.6 is 0 Å². The van der Waals surface area contributed by atoms with Crippen LogP contribution in [0.4, 0.5) is 0 Å². The molecule has 0 spiro atoms. The standard InChI is InChI=1S/C15H18O4/c1-10-11(6-5-7-12(10)14(17)18)8-9-13(16)19-15(2,3)4/h5-9H,1-4H3,(H,17,18). The van der Waals surface area contributed by atoms with Crippen molar-refractivity contribution in [1.82, 2.24) is 0 Å². The van der Waals surface area contributed by atoms with E-state index in [0.29, 0.717) is 11.1 Å². The SMILES string of the molecule is Cc1c(C=CC(=O)OC(C)(C)C)cccc1C(=O)O. The molecule has 0 unspecified atom stereocenters. The molecule has 0 aliphatic rings. The average molecular weight is 262 g/mol. The van der Waals surface area contributed by atoms with Crippen LogP contribution in [0.1, 0.15) is 42.3 Å². The van der Waals surface area contributed by atoms with Crippen LogP contribution < -0.4 is 0 Å². The van der Waals surface area contributed by atoms with Crippen LogP contribution in [0.25, 0.3) is 6.08 Å². The lowest BCUT2D eigenvalue weighted by Crippen LogP contribution is -2.22. The molecule has 0 aromatic heterocycles. The van der Waals surface area contributed by atoms with Gasteiger partial charge in [-0.2, -0.15) is 0 Å². The molecular formula is C15H18O4. The molecule has 0 heterocycles. The molecule has 4 heteroatoms. The molecule has 0 saturated carbocycles. The fourth-order valence-corrected chi connectivity index (χ4v) is 1.56. The maximum Gasteiger partial charge on any atom is 0.335 e. The molecule has 4 nitrogen and oxygen atoms in total. The molecule has 0 amide bonds. The summed E-state index contributed by atoms with van der Waals surface area (Å²) in [5.74, 6) is -1.43. The Morgan fingerprint density at radius 3 is 2.42 bits per heavy atom. The van der Waals surface area contributed by atoms with Crippen molar-refractivity contribution >= 4 is 18.0 Å². The smallest absolute Gasteiger partial charge is 0.335 e. The van der Waals surface area contributed by atoms with Gasteiger partial charge in [0.2, 0.25) is 0 Å². The van der Waals surface area contributed by atoms with Crippen molar-refractivity contribution in [3.63, 3.8) is 0 Å². The van der Waals surface area contributed by atoms with Crippen LogP contribution in [0.5, 0.6) is 0 Å². The fourth-order valence-electron chi connectivity index (χ4n) is 1.56. The summed E-state index contributed by atoms with van der Waals surface area (Å²) in [7, 11) is 0. The van der Waals surface area contributed by atoms with Gasteiger partial charge in [0.1, 0.15) is 5.60 Å². The van der Waals surface area contributed by atoms with Crippen molar-refractivity contribution in [2.24, 2.45) is 0 Å². The summed E-state index contributed by atoms with van der Waals surface area (Å²) >= 11 is 0. The Balaban J connectivity index is 2.92. The first-order valence-electron chi connectivity index (χ1n) is 5.94. The molecule has 0 fully saturated rings. The molecule has 0 aliphatic carbocycles. The monoisotopic (exact) mass is 262 g/mol. The quantitative estimate of drug-likeness (QED) is 0.671. The number of carbonyl (C=O) groups excluding carboxylic acids is 1. The van der Waals surface area contributed by atoms with E-state index in [1.165, 1.54) is 12.1 Å². The normalized spacial score (nSPS) is 11.6. The second-order valence-electron chi connectivity index (χ2n) is 5.19. The number of hydrogen-bond acceptors (Lipinski definition) is 3. The van der Waals surface area contributed by atoms with Gasteiger partial charge in [-0.25, -0.2) is 9.59 Å². The van der Waals surface area contributed by atoms with E-state index in [0.717, 1.165) is 0 Å². The van der Waals surface area contributed by atoms with Gasteiger partial charge in [0.05, 0.1) is 5.56 Å². The molecule has 0 atom stereocenters. The number of esters is 1. The lowest BCUT2D eigenvalue weighted by molar-refractivity contribution is -0.148. The summed E-state index contributed by atoms with van der Waals surface area (Å²) in [5.41, 5.74) is 0.992. The molecule has 102 valence electrons. The highest BCUT2D eigenvalue weighted by Crippen LogP contribution is 2.16. The van der Waals surface area contributed by atoms with E-state index >= 15 is 0 Å². The summed E-state index contributed by atoms with van der Waals surface area (Å²) in [6, 6.07) is 4.93. The highest BCUT2D eigenvalue weighted by atomic mass is 16.6. The van der Waals surface area contributed by atoms with Crippen LogP contribution in [0, 0.1) is 6.92 Å². The minimum atomic E-state index is -0.981. The van der Waals surface area contributed by atoms with Gasteiger partial charge < -0.3 is 9.84 Å². The van der Waals surface area contributed by atoms with E-state index in [1.54, 1.807) is 45.9 Å². The first kappa shape index (κ1) is 15.0. The first-order chi connectivity index (χ1) is 8.70. The van der Waals surface area contributed by atoms with E-state index in [4.69, 9.17) is 9.84 Å². The number of benzene rings is 1. The van der Waals surface area contributed by atoms with Gasteiger partial charge in [-0.05, 0) is 51.0 Å². The van der Waals surface area contributed by atoms with E-state index in [9.17, 15) is 9.59 Å². The van der Waals surface area contributed by atoms with Gasteiger partial charge in [-0.1, -0.05) is 12.1 Å². The third-order valence-corrected chi connectivity index (χ3v) is 2.41. The molecule has 1 rings (SSSR count). The Kier molecular flexibility index (Phi) is 4.48. The summed E-state index contributed by atoms with van der Waals surface area (Å²) < 4.78 is 5.13. The van der Waals surface area contributed by atoms with E-state index < -0.39 is 17.5 Å². The van der Waals surface area contributed by atoms with Crippen LogP contribution in [0.3, 0.4) is 0 Å². The van der Waals surface area contributed by atoms with Gasteiger partial charge in [-0.3, -0.25) is 0 Å². The number of aromatic carboxylic acids is 1. The Morgan fingerprint density at radius 2 is 1.89 bits per heavy atom. The van der Waals surface area contributed by atoms with Crippen LogP contribution in [-0.2, 0) is 9.53 Å². The second-order valence-corrected chi connectivity index (χ2v) is 5.19. The van der Waals surface area contributed by atoms with E-state index in [2.05, 4.69) is 0 Å². The number of ether oxygens (including phenoxy) is 1. The van der Waals surface area contributed by atoms with Gasteiger partial charge >= 0.3 is 11.9 Å². The lowest BCUT2D eigenvalue weighted by atomic mass is 10.0. The Hall–Kier alpha value is -2.10. The van der Waals surface area contributed by atoms with E-state index in [-0.39, 0.29) is 5.56 Å². The van der Waals surface area contributed by atoms with Crippen molar-refractivity contribution < 1.29 is 19.4 Å². The Morgan fingerprint density at radius 1 is 1.26 bits per heavy atom. The molecule has 0 saturated heterocycles. The predicted molar refractivity (Wildman–Crippen MR) is 73.0 cm³/mol. The minimum Gasteiger partial charge on any atom is -0.478 e. The molecular weight excluding hydrogens is 244 g/mol. The lowest BCUT2D eigenvalue weighted by Gasteiger charge is -2.17. The third-order valence-electron chi connectivity index (χ3n) is 2.41. The minimum absolute atomic E-state index is 0.228. The molecule has 19 heavy (non-hydrogen) atoms. The average Bonchev–Trinajstić information content (AvgIpc) is 2.24. The highest BCUT2D eigenvalue weighted by Gasteiger charge is 2.14. The van der Waals surface area contributed by atoms with Crippen LogP contribution in [0.2, 0.25) is 0 Å². The van der Waals surface area contributed by atoms with Crippen molar-refractivity contribution in [1.29, 1.82) is 0 Å². The van der Waals surface area contributed by atoms with Crippen LogP contribution in [0.15, 0.2) is 24.3 Å². The van der Waals surface area contributed by atoms with Gasteiger partial charge in [0, 0.05) is 6.08 Å². The molecule has 0 aliphatic heterocycles. The summed E-state index contributed by atoms with van der Waals surface area (Å²) in [6.45, 7) is 7.07. The Bertz CT molecular complexity index is 521. The summed E-state index contributed by atoms with van der Waals surface area (Å²) in [5, 5.41) is 9.00. The van der Waals surface area contributed by atoms with Gasteiger partial charge in [0.25, 0.3) is 0 Å². The molecule has 1 N–H and O–H groups in total. The summed E-state index contributed by atoms with van der Waals surface area (Å²) in [6.07, 6.45) is 2.87. The topological polar surface area (TPSA) is 63.6 Å². The fraction of sp³-hybridized carbons (Fsp3) is 0.333. The number of carboxylic acids is 1. The number of carbonyl (C=O) groups is 2.